The molecular weight excluding hydrogens is 246 g/mol. The van der Waals surface area contributed by atoms with Gasteiger partial charge in [-0.05, 0) is 39.3 Å². The fraction of sp³-hybridized carbons (Fsp3) is 0.429. The molecule has 0 heterocycles. The average Bonchev–Trinajstić information content (AvgIpc) is 2.32. The van der Waals surface area contributed by atoms with Gasteiger partial charge in [-0.1, -0.05) is 17.7 Å². The van der Waals surface area contributed by atoms with Crippen LogP contribution in [-0.2, 0) is 9.59 Å². The molecule has 1 amide bonds. The van der Waals surface area contributed by atoms with Crippen LogP contribution in [0.2, 0.25) is 0 Å². The molecule has 0 bridgehead atoms. The molecule has 2 unspecified atom stereocenters. The lowest BCUT2D eigenvalue weighted by Gasteiger charge is -2.18. The van der Waals surface area contributed by atoms with E-state index in [1.54, 1.807) is 13.0 Å². The summed E-state index contributed by atoms with van der Waals surface area (Å²) in [4.78, 5) is 22.4. The quantitative estimate of drug-likeness (QED) is 0.849. The third kappa shape index (κ3) is 4.28. The number of ether oxygens (including phenoxy) is 1. The molecule has 5 heteroatoms. The van der Waals surface area contributed by atoms with Crippen molar-refractivity contribution in [2.24, 2.45) is 0 Å². The molecule has 0 aliphatic rings. The topological polar surface area (TPSA) is 75.6 Å². The molecule has 2 N–H and O–H groups in total. The summed E-state index contributed by atoms with van der Waals surface area (Å²) >= 11 is 0. The Morgan fingerprint density at radius 1 is 1.26 bits per heavy atom. The number of aryl methyl sites for hydroxylation is 2. The molecule has 0 radical (unpaired) electrons. The first kappa shape index (κ1) is 15.0. The van der Waals surface area contributed by atoms with Gasteiger partial charge in [-0.15, -0.1) is 0 Å². The smallest absolute Gasteiger partial charge is 0.325 e. The third-order valence-electron chi connectivity index (χ3n) is 2.73. The number of hydrogen-bond acceptors (Lipinski definition) is 3. The van der Waals surface area contributed by atoms with Gasteiger partial charge < -0.3 is 15.2 Å². The highest BCUT2D eigenvalue weighted by molar-refractivity contribution is 5.86. The summed E-state index contributed by atoms with van der Waals surface area (Å²) in [6, 6.07) is 4.72. The van der Waals surface area contributed by atoms with Crippen LogP contribution in [0.15, 0.2) is 18.2 Å². The van der Waals surface area contributed by atoms with Crippen molar-refractivity contribution < 1.29 is 19.4 Å². The Balaban J connectivity index is 2.66. The molecule has 0 saturated heterocycles. The fourth-order valence-corrected chi connectivity index (χ4v) is 1.57. The van der Waals surface area contributed by atoms with E-state index in [9.17, 15) is 9.59 Å². The first-order valence-electron chi connectivity index (χ1n) is 6.08. The minimum atomic E-state index is -1.08. The van der Waals surface area contributed by atoms with E-state index in [2.05, 4.69) is 5.32 Å². The molecule has 0 aliphatic heterocycles. The van der Waals surface area contributed by atoms with Gasteiger partial charge in [-0.25, -0.2) is 0 Å². The van der Waals surface area contributed by atoms with Crippen molar-refractivity contribution in [2.45, 2.75) is 39.8 Å². The summed E-state index contributed by atoms with van der Waals surface area (Å²) in [5.74, 6) is -0.904. The number of carbonyl (C=O) groups is 2. The number of benzene rings is 1. The van der Waals surface area contributed by atoms with Crippen LogP contribution in [0.4, 0.5) is 0 Å². The number of rotatable bonds is 5. The number of amides is 1. The highest BCUT2D eigenvalue weighted by Crippen LogP contribution is 2.20. The molecule has 0 fully saturated rings. The van der Waals surface area contributed by atoms with E-state index in [1.807, 2.05) is 26.0 Å². The van der Waals surface area contributed by atoms with Gasteiger partial charge in [0.25, 0.3) is 5.91 Å². The molecule has 104 valence electrons. The number of carboxylic acids is 1. The predicted octanol–water partition coefficient (Wildman–Crippen LogP) is 1.66. The van der Waals surface area contributed by atoms with E-state index in [0.717, 1.165) is 11.1 Å². The molecule has 1 aromatic rings. The zero-order valence-electron chi connectivity index (χ0n) is 11.6. The van der Waals surface area contributed by atoms with E-state index in [0.29, 0.717) is 5.75 Å². The van der Waals surface area contributed by atoms with Crippen LogP contribution in [0.25, 0.3) is 0 Å². The van der Waals surface area contributed by atoms with Crippen LogP contribution in [0.5, 0.6) is 5.75 Å². The number of carboxylic acid groups (broad SMARTS) is 1. The highest BCUT2D eigenvalue weighted by Gasteiger charge is 2.20. The Morgan fingerprint density at radius 3 is 2.42 bits per heavy atom. The predicted molar refractivity (Wildman–Crippen MR) is 71.2 cm³/mol. The van der Waals surface area contributed by atoms with Crippen molar-refractivity contribution in [2.75, 3.05) is 0 Å². The summed E-state index contributed by atoms with van der Waals surface area (Å²) in [7, 11) is 0. The Kier molecular flexibility index (Phi) is 4.92. The van der Waals surface area contributed by atoms with Crippen molar-refractivity contribution in [1.29, 1.82) is 0 Å². The molecule has 1 rings (SSSR count). The Morgan fingerprint density at radius 2 is 1.89 bits per heavy atom. The number of nitrogens with one attached hydrogen (secondary N) is 1. The van der Waals surface area contributed by atoms with E-state index < -0.39 is 24.0 Å². The van der Waals surface area contributed by atoms with Crippen LogP contribution in [0, 0.1) is 13.8 Å². The summed E-state index contributed by atoms with van der Waals surface area (Å²) in [5, 5.41) is 11.1. The van der Waals surface area contributed by atoms with Gasteiger partial charge in [0.2, 0.25) is 0 Å². The summed E-state index contributed by atoms with van der Waals surface area (Å²) in [5.41, 5.74) is 2.05. The minimum absolute atomic E-state index is 0.449. The maximum absolute atomic E-state index is 11.7. The molecular formula is C14H19NO4. The van der Waals surface area contributed by atoms with Gasteiger partial charge in [0.1, 0.15) is 11.8 Å². The molecule has 2 atom stereocenters. The van der Waals surface area contributed by atoms with Crippen molar-refractivity contribution in [3.63, 3.8) is 0 Å². The molecule has 0 spiro atoms. The summed E-state index contributed by atoms with van der Waals surface area (Å²) in [6.45, 7) is 6.86. The Bertz CT molecular complexity index is 484. The molecule has 0 aliphatic carbocycles. The van der Waals surface area contributed by atoms with Crippen molar-refractivity contribution >= 4 is 11.9 Å². The van der Waals surface area contributed by atoms with Crippen molar-refractivity contribution in [3.05, 3.63) is 29.3 Å². The lowest BCUT2D eigenvalue weighted by atomic mass is 10.1. The highest BCUT2D eigenvalue weighted by atomic mass is 16.5. The first-order chi connectivity index (χ1) is 8.81. The van der Waals surface area contributed by atoms with E-state index in [4.69, 9.17) is 9.84 Å². The summed E-state index contributed by atoms with van der Waals surface area (Å²) < 4.78 is 5.54. The SMILES string of the molecule is Cc1ccc(OC(C)C(=O)NC(C)C(=O)O)c(C)c1. The number of aliphatic carboxylic acids is 1. The summed E-state index contributed by atoms with van der Waals surface area (Å²) in [6.07, 6.45) is -0.747. The van der Waals surface area contributed by atoms with Crippen LogP contribution in [0.3, 0.4) is 0 Å². The van der Waals surface area contributed by atoms with Crippen LogP contribution < -0.4 is 10.1 Å². The third-order valence-corrected chi connectivity index (χ3v) is 2.73. The van der Waals surface area contributed by atoms with Gasteiger partial charge in [-0.3, -0.25) is 9.59 Å². The van der Waals surface area contributed by atoms with Crippen LogP contribution >= 0.6 is 0 Å². The zero-order chi connectivity index (χ0) is 14.6. The van der Waals surface area contributed by atoms with Crippen molar-refractivity contribution in [1.82, 2.24) is 5.32 Å². The molecule has 1 aromatic carbocycles. The van der Waals surface area contributed by atoms with Gasteiger partial charge >= 0.3 is 5.97 Å². The van der Waals surface area contributed by atoms with Crippen molar-refractivity contribution in [3.8, 4) is 5.75 Å². The molecule has 0 aromatic heterocycles. The normalized spacial score (nSPS) is 13.5. The maximum atomic E-state index is 11.7. The zero-order valence-corrected chi connectivity index (χ0v) is 11.6. The second kappa shape index (κ2) is 6.22. The Hall–Kier alpha value is -2.04. The van der Waals surface area contributed by atoms with Gasteiger partial charge in [0, 0.05) is 0 Å². The fourth-order valence-electron chi connectivity index (χ4n) is 1.57. The second-order valence-corrected chi connectivity index (χ2v) is 4.60. The molecule has 0 saturated carbocycles. The minimum Gasteiger partial charge on any atom is -0.481 e. The molecule has 5 nitrogen and oxygen atoms in total. The second-order valence-electron chi connectivity index (χ2n) is 4.60. The lowest BCUT2D eigenvalue weighted by molar-refractivity contribution is -0.142. The van der Waals surface area contributed by atoms with Gasteiger partial charge in [-0.2, -0.15) is 0 Å². The number of carbonyl (C=O) groups excluding carboxylic acids is 1. The van der Waals surface area contributed by atoms with Gasteiger partial charge in [0.05, 0.1) is 0 Å². The monoisotopic (exact) mass is 265 g/mol. The van der Waals surface area contributed by atoms with E-state index >= 15 is 0 Å². The standard InChI is InChI=1S/C14H19NO4/c1-8-5-6-12(9(2)7-8)19-11(4)13(16)15-10(3)14(17)18/h5-7,10-11H,1-4H3,(H,15,16)(H,17,18). The molecule has 19 heavy (non-hydrogen) atoms. The van der Waals surface area contributed by atoms with Crippen LogP contribution in [0.1, 0.15) is 25.0 Å². The number of hydrogen-bond donors (Lipinski definition) is 2. The van der Waals surface area contributed by atoms with E-state index in [1.165, 1.54) is 6.92 Å². The van der Waals surface area contributed by atoms with Gasteiger partial charge in [0.15, 0.2) is 6.10 Å². The van der Waals surface area contributed by atoms with E-state index in [-0.39, 0.29) is 0 Å². The van der Waals surface area contributed by atoms with Crippen LogP contribution in [-0.4, -0.2) is 29.1 Å². The largest absolute Gasteiger partial charge is 0.481 e. The first-order valence-corrected chi connectivity index (χ1v) is 6.08. The Labute approximate surface area is 112 Å². The average molecular weight is 265 g/mol. The maximum Gasteiger partial charge on any atom is 0.325 e. The lowest BCUT2D eigenvalue weighted by Crippen LogP contribution is -2.44.